The molecule has 1 aliphatic heterocycles. The van der Waals surface area contributed by atoms with Crippen molar-refractivity contribution in [1.29, 1.82) is 0 Å². The van der Waals surface area contributed by atoms with Gasteiger partial charge in [-0.1, -0.05) is 6.92 Å². The van der Waals surface area contributed by atoms with Crippen LogP contribution in [0.2, 0.25) is 0 Å². The maximum Gasteiger partial charge on any atom is 0.308 e. The lowest BCUT2D eigenvalue weighted by Crippen LogP contribution is -2.43. The molecule has 2 atom stereocenters. The Hall–Kier alpha value is -0.570. The van der Waals surface area contributed by atoms with Gasteiger partial charge in [0, 0.05) is 6.04 Å². The molecule has 0 aromatic carbocycles. The molecule has 1 fully saturated rings. The summed E-state index contributed by atoms with van der Waals surface area (Å²) in [5.74, 6) is -0.0354. The van der Waals surface area contributed by atoms with Gasteiger partial charge in [-0.3, -0.25) is 4.79 Å². The number of nitrogens with one attached hydrogen (secondary N) is 1. The molecule has 1 N–H and O–H groups in total. The third kappa shape index (κ3) is 2.48. The van der Waals surface area contributed by atoms with Gasteiger partial charge in [0.05, 0.1) is 13.0 Å². The maximum absolute atomic E-state index is 11.0. The van der Waals surface area contributed by atoms with Crippen LogP contribution in [0.4, 0.5) is 0 Å². The molecule has 0 radical (unpaired) electrons. The molecule has 1 heterocycles. The summed E-state index contributed by atoms with van der Waals surface area (Å²) in [7, 11) is 1.44. The summed E-state index contributed by atoms with van der Waals surface area (Å²) < 4.78 is 4.64. The van der Waals surface area contributed by atoms with E-state index in [9.17, 15) is 4.79 Å². The van der Waals surface area contributed by atoms with E-state index in [1.807, 2.05) is 6.92 Å². The molecule has 2 unspecified atom stereocenters. The van der Waals surface area contributed by atoms with Gasteiger partial charge in [-0.2, -0.15) is 0 Å². The van der Waals surface area contributed by atoms with Gasteiger partial charge >= 0.3 is 5.97 Å². The van der Waals surface area contributed by atoms with Crippen molar-refractivity contribution in [3.05, 3.63) is 0 Å². The average molecular weight is 171 g/mol. The van der Waals surface area contributed by atoms with Crippen molar-refractivity contribution in [2.45, 2.75) is 32.2 Å². The van der Waals surface area contributed by atoms with Crippen molar-refractivity contribution in [2.75, 3.05) is 13.7 Å². The van der Waals surface area contributed by atoms with Gasteiger partial charge in [-0.05, 0) is 25.8 Å². The zero-order valence-corrected chi connectivity index (χ0v) is 7.80. The van der Waals surface area contributed by atoms with Crippen molar-refractivity contribution < 1.29 is 9.53 Å². The summed E-state index contributed by atoms with van der Waals surface area (Å²) in [5.41, 5.74) is 0. The van der Waals surface area contributed by atoms with Gasteiger partial charge < -0.3 is 10.1 Å². The predicted molar refractivity (Wildman–Crippen MR) is 46.8 cm³/mol. The molecule has 12 heavy (non-hydrogen) atoms. The molecular weight excluding hydrogens is 154 g/mol. The van der Waals surface area contributed by atoms with Gasteiger partial charge in [-0.25, -0.2) is 0 Å². The van der Waals surface area contributed by atoms with E-state index < -0.39 is 0 Å². The molecule has 1 saturated heterocycles. The van der Waals surface area contributed by atoms with Crippen LogP contribution in [0.5, 0.6) is 0 Å². The van der Waals surface area contributed by atoms with Crippen LogP contribution < -0.4 is 5.32 Å². The van der Waals surface area contributed by atoms with Crippen LogP contribution in [-0.2, 0) is 9.53 Å². The fourth-order valence-electron chi connectivity index (χ4n) is 1.37. The minimum Gasteiger partial charge on any atom is -0.469 e. The second-order valence-electron chi connectivity index (χ2n) is 3.44. The number of hydrogen-bond acceptors (Lipinski definition) is 3. The summed E-state index contributed by atoms with van der Waals surface area (Å²) in [5, 5.41) is 3.31. The molecular formula is C9H17NO2. The third-order valence-corrected chi connectivity index (χ3v) is 2.48. The molecule has 1 aliphatic rings. The first-order valence-electron chi connectivity index (χ1n) is 4.55. The molecule has 3 nitrogen and oxygen atoms in total. The first kappa shape index (κ1) is 9.52. The zero-order valence-electron chi connectivity index (χ0n) is 7.80. The van der Waals surface area contributed by atoms with Crippen molar-refractivity contribution in [1.82, 2.24) is 5.32 Å². The Morgan fingerprint density at radius 3 is 2.83 bits per heavy atom. The second kappa shape index (κ2) is 4.45. The second-order valence-corrected chi connectivity index (χ2v) is 3.44. The maximum atomic E-state index is 11.0. The highest BCUT2D eigenvalue weighted by molar-refractivity contribution is 5.71. The Balaban J connectivity index is 2.08. The van der Waals surface area contributed by atoms with E-state index in [1.165, 1.54) is 13.5 Å². The van der Waals surface area contributed by atoms with Crippen LogP contribution in [0.3, 0.4) is 0 Å². The molecule has 0 aromatic heterocycles. The van der Waals surface area contributed by atoms with Crippen molar-refractivity contribution in [3.63, 3.8) is 0 Å². The topological polar surface area (TPSA) is 38.3 Å². The van der Waals surface area contributed by atoms with Crippen LogP contribution in [0.1, 0.15) is 26.2 Å². The molecule has 0 aliphatic carbocycles. The first-order chi connectivity index (χ1) is 5.74. The number of carbonyl (C=O) groups excluding carboxylic acids is 1. The van der Waals surface area contributed by atoms with E-state index >= 15 is 0 Å². The summed E-state index contributed by atoms with van der Waals surface area (Å²) in [6, 6.07) is 0.650. The lowest BCUT2D eigenvalue weighted by Gasteiger charge is -2.28. The van der Waals surface area contributed by atoms with Crippen molar-refractivity contribution in [2.24, 2.45) is 5.92 Å². The fourth-order valence-corrected chi connectivity index (χ4v) is 1.37. The molecule has 70 valence electrons. The zero-order chi connectivity index (χ0) is 8.97. The van der Waals surface area contributed by atoms with E-state index in [4.69, 9.17) is 0 Å². The van der Waals surface area contributed by atoms with Crippen LogP contribution in [-0.4, -0.2) is 25.7 Å². The van der Waals surface area contributed by atoms with Gasteiger partial charge in [-0.15, -0.1) is 0 Å². The van der Waals surface area contributed by atoms with Gasteiger partial charge in [0.15, 0.2) is 0 Å². The Morgan fingerprint density at radius 1 is 1.75 bits per heavy atom. The Morgan fingerprint density at radius 2 is 2.42 bits per heavy atom. The molecule has 3 heteroatoms. The number of rotatable bonds is 4. The number of esters is 1. The standard InChI is InChI=1S/C9H17NO2/c1-7(9(11)12-2)3-4-8-5-6-10-8/h7-8,10H,3-6H2,1-2H3. The highest BCUT2D eigenvalue weighted by Gasteiger charge is 2.19. The molecule has 0 bridgehead atoms. The Kier molecular flexibility index (Phi) is 3.53. The smallest absolute Gasteiger partial charge is 0.308 e. The highest BCUT2D eigenvalue weighted by atomic mass is 16.5. The normalized spacial score (nSPS) is 24.3. The Labute approximate surface area is 73.5 Å². The average Bonchev–Trinajstić information content (AvgIpc) is 2.00. The van der Waals surface area contributed by atoms with Crippen LogP contribution >= 0.6 is 0 Å². The number of ether oxygens (including phenoxy) is 1. The van der Waals surface area contributed by atoms with E-state index in [-0.39, 0.29) is 11.9 Å². The third-order valence-electron chi connectivity index (χ3n) is 2.48. The largest absolute Gasteiger partial charge is 0.469 e. The molecule has 0 spiro atoms. The Bertz CT molecular complexity index is 155. The van der Waals surface area contributed by atoms with Crippen LogP contribution in [0.25, 0.3) is 0 Å². The summed E-state index contributed by atoms with van der Waals surface area (Å²) in [6.07, 6.45) is 3.29. The first-order valence-corrected chi connectivity index (χ1v) is 4.55. The summed E-state index contributed by atoms with van der Waals surface area (Å²) >= 11 is 0. The van der Waals surface area contributed by atoms with Crippen molar-refractivity contribution >= 4 is 5.97 Å². The van der Waals surface area contributed by atoms with E-state index in [2.05, 4.69) is 10.1 Å². The summed E-state index contributed by atoms with van der Waals surface area (Å²) in [6.45, 7) is 3.06. The highest BCUT2D eigenvalue weighted by Crippen LogP contribution is 2.14. The summed E-state index contributed by atoms with van der Waals surface area (Å²) in [4.78, 5) is 11.0. The fraction of sp³-hybridized carbons (Fsp3) is 0.889. The van der Waals surface area contributed by atoms with Gasteiger partial charge in [0.1, 0.15) is 0 Å². The van der Waals surface area contributed by atoms with Crippen LogP contribution in [0.15, 0.2) is 0 Å². The van der Waals surface area contributed by atoms with Crippen LogP contribution in [0, 0.1) is 5.92 Å². The molecule has 0 saturated carbocycles. The molecule has 0 amide bonds. The molecule has 1 rings (SSSR count). The molecule has 0 aromatic rings. The minimum absolute atomic E-state index is 0.0531. The SMILES string of the molecule is COC(=O)C(C)CCC1CCN1. The van der Waals surface area contributed by atoms with Gasteiger partial charge in [0.2, 0.25) is 0 Å². The van der Waals surface area contributed by atoms with E-state index in [0.717, 1.165) is 19.4 Å². The lowest BCUT2D eigenvalue weighted by molar-refractivity contribution is -0.145. The minimum atomic E-state index is -0.0886. The number of carbonyl (C=O) groups is 1. The number of methoxy groups -OCH3 is 1. The lowest BCUT2D eigenvalue weighted by atomic mass is 9.96. The quantitative estimate of drug-likeness (QED) is 0.640. The van der Waals surface area contributed by atoms with E-state index in [1.54, 1.807) is 0 Å². The van der Waals surface area contributed by atoms with Gasteiger partial charge in [0.25, 0.3) is 0 Å². The van der Waals surface area contributed by atoms with Crippen molar-refractivity contribution in [3.8, 4) is 0 Å². The number of hydrogen-bond donors (Lipinski definition) is 1. The predicted octanol–water partition coefficient (Wildman–Crippen LogP) is 0.938. The van der Waals surface area contributed by atoms with E-state index in [0.29, 0.717) is 6.04 Å². The monoisotopic (exact) mass is 171 g/mol.